The standard InChI is InChI=1S/C10H14N2O/c1-8-6-12(7-9(8)13)10-4-2-3-5-11-10/h2-5,8-9,13H,6-7H2,1H3. The van der Waals surface area contributed by atoms with Crippen molar-refractivity contribution in [2.24, 2.45) is 5.92 Å². The van der Waals surface area contributed by atoms with Gasteiger partial charge in [-0.15, -0.1) is 0 Å². The predicted molar refractivity (Wildman–Crippen MR) is 51.6 cm³/mol. The molecule has 13 heavy (non-hydrogen) atoms. The molecule has 70 valence electrons. The molecule has 0 aliphatic carbocycles. The zero-order valence-corrected chi connectivity index (χ0v) is 7.72. The van der Waals surface area contributed by atoms with E-state index < -0.39 is 0 Å². The van der Waals surface area contributed by atoms with Crippen LogP contribution in [0.3, 0.4) is 0 Å². The zero-order chi connectivity index (χ0) is 9.26. The number of aliphatic hydroxyl groups excluding tert-OH is 1. The van der Waals surface area contributed by atoms with E-state index in [4.69, 9.17) is 0 Å². The zero-order valence-electron chi connectivity index (χ0n) is 7.72. The minimum Gasteiger partial charge on any atom is -0.391 e. The molecular weight excluding hydrogens is 164 g/mol. The Labute approximate surface area is 78.0 Å². The third-order valence-corrected chi connectivity index (χ3v) is 2.55. The highest BCUT2D eigenvalue weighted by molar-refractivity contribution is 5.39. The summed E-state index contributed by atoms with van der Waals surface area (Å²) in [5.41, 5.74) is 0. The average Bonchev–Trinajstić information content (AvgIpc) is 2.49. The maximum atomic E-state index is 9.56. The molecule has 0 radical (unpaired) electrons. The van der Waals surface area contributed by atoms with Crippen LogP contribution in [0.15, 0.2) is 24.4 Å². The van der Waals surface area contributed by atoms with Crippen LogP contribution in [0.4, 0.5) is 5.82 Å². The number of rotatable bonds is 1. The fourth-order valence-electron chi connectivity index (χ4n) is 1.68. The SMILES string of the molecule is CC1CN(c2ccccn2)CC1O. The summed E-state index contributed by atoms with van der Waals surface area (Å²) in [5, 5.41) is 9.56. The van der Waals surface area contributed by atoms with Crippen LogP contribution in [0.2, 0.25) is 0 Å². The number of aliphatic hydroxyl groups is 1. The van der Waals surface area contributed by atoms with Gasteiger partial charge in [-0.25, -0.2) is 4.98 Å². The van der Waals surface area contributed by atoms with Gasteiger partial charge in [0.25, 0.3) is 0 Å². The summed E-state index contributed by atoms with van der Waals surface area (Å²) in [6.45, 7) is 3.67. The number of aromatic nitrogens is 1. The molecule has 0 amide bonds. The molecule has 1 saturated heterocycles. The fourth-order valence-corrected chi connectivity index (χ4v) is 1.68. The third-order valence-electron chi connectivity index (χ3n) is 2.55. The molecule has 3 heteroatoms. The molecule has 0 bridgehead atoms. The monoisotopic (exact) mass is 178 g/mol. The molecule has 0 saturated carbocycles. The van der Waals surface area contributed by atoms with Crippen molar-refractivity contribution in [2.45, 2.75) is 13.0 Å². The van der Waals surface area contributed by atoms with E-state index in [1.165, 1.54) is 0 Å². The normalized spacial score (nSPS) is 28.0. The number of hydrogen-bond acceptors (Lipinski definition) is 3. The Bertz CT molecular complexity index is 266. The van der Waals surface area contributed by atoms with Crippen molar-refractivity contribution >= 4 is 5.82 Å². The van der Waals surface area contributed by atoms with Crippen molar-refractivity contribution < 1.29 is 5.11 Å². The molecule has 0 spiro atoms. The highest BCUT2D eigenvalue weighted by atomic mass is 16.3. The summed E-state index contributed by atoms with van der Waals surface area (Å²) in [7, 11) is 0. The molecule has 1 aliphatic rings. The predicted octanol–water partition coefficient (Wildman–Crippen LogP) is 0.899. The lowest BCUT2D eigenvalue weighted by atomic mass is 10.1. The first kappa shape index (κ1) is 8.51. The lowest BCUT2D eigenvalue weighted by Gasteiger charge is -2.15. The van der Waals surface area contributed by atoms with Gasteiger partial charge >= 0.3 is 0 Å². The van der Waals surface area contributed by atoms with Crippen LogP contribution in [0, 0.1) is 5.92 Å². The van der Waals surface area contributed by atoms with Crippen LogP contribution >= 0.6 is 0 Å². The number of hydrogen-bond donors (Lipinski definition) is 1. The quantitative estimate of drug-likeness (QED) is 0.694. The molecule has 1 aromatic rings. The summed E-state index contributed by atoms with van der Waals surface area (Å²) in [4.78, 5) is 6.36. The van der Waals surface area contributed by atoms with Gasteiger partial charge in [0.2, 0.25) is 0 Å². The van der Waals surface area contributed by atoms with Crippen molar-refractivity contribution in [2.75, 3.05) is 18.0 Å². The van der Waals surface area contributed by atoms with Crippen LogP contribution in [-0.2, 0) is 0 Å². The molecule has 0 aromatic carbocycles. The van der Waals surface area contributed by atoms with Gasteiger partial charge in [-0.3, -0.25) is 0 Å². The van der Waals surface area contributed by atoms with Gasteiger partial charge in [-0.1, -0.05) is 13.0 Å². The van der Waals surface area contributed by atoms with Gasteiger partial charge in [-0.2, -0.15) is 0 Å². The highest BCUT2D eigenvalue weighted by Crippen LogP contribution is 2.21. The van der Waals surface area contributed by atoms with Gasteiger partial charge < -0.3 is 10.0 Å². The molecule has 1 aromatic heterocycles. The van der Waals surface area contributed by atoms with E-state index in [2.05, 4.69) is 16.8 Å². The molecule has 1 aliphatic heterocycles. The Balaban J connectivity index is 2.12. The maximum absolute atomic E-state index is 9.56. The largest absolute Gasteiger partial charge is 0.391 e. The lowest BCUT2D eigenvalue weighted by molar-refractivity contribution is 0.157. The van der Waals surface area contributed by atoms with E-state index >= 15 is 0 Å². The van der Waals surface area contributed by atoms with Gasteiger partial charge in [0.05, 0.1) is 6.10 Å². The minimum absolute atomic E-state index is 0.206. The first-order valence-electron chi connectivity index (χ1n) is 4.61. The van der Waals surface area contributed by atoms with Crippen LogP contribution in [0.25, 0.3) is 0 Å². The van der Waals surface area contributed by atoms with Crippen LogP contribution in [-0.4, -0.2) is 29.3 Å². The molecule has 2 rings (SSSR count). The molecule has 2 atom stereocenters. The minimum atomic E-state index is -0.206. The molecular formula is C10H14N2O. The Morgan fingerprint density at radius 2 is 2.31 bits per heavy atom. The van der Waals surface area contributed by atoms with Crippen LogP contribution in [0.1, 0.15) is 6.92 Å². The number of pyridine rings is 1. The summed E-state index contributed by atoms with van der Waals surface area (Å²) < 4.78 is 0. The van der Waals surface area contributed by atoms with E-state index in [1.807, 2.05) is 18.2 Å². The molecule has 3 nitrogen and oxygen atoms in total. The van der Waals surface area contributed by atoms with Crippen molar-refractivity contribution in [3.05, 3.63) is 24.4 Å². The Morgan fingerprint density at radius 3 is 2.85 bits per heavy atom. The number of β-amino-alcohol motifs (C(OH)–C–C–N with tert-alkyl or cyclic N) is 1. The van der Waals surface area contributed by atoms with E-state index in [9.17, 15) is 5.11 Å². The summed E-state index contributed by atoms with van der Waals surface area (Å²) in [6, 6.07) is 5.85. The summed E-state index contributed by atoms with van der Waals surface area (Å²) >= 11 is 0. The van der Waals surface area contributed by atoms with Crippen molar-refractivity contribution in [3.63, 3.8) is 0 Å². The second-order valence-electron chi connectivity index (χ2n) is 3.64. The van der Waals surface area contributed by atoms with E-state index in [0.717, 1.165) is 12.4 Å². The third kappa shape index (κ3) is 1.65. The Hall–Kier alpha value is -1.09. The first-order valence-corrected chi connectivity index (χ1v) is 4.61. The average molecular weight is 178 g/mol. The summed E-state index contributed by atoms with van der Waals surface area (Å²) in [5.74, 6) is 1.31. The summed E-state index contributed by atoms with van der Waals surface area (Å²) in [6.07, 6.45) is 1.58. The van der Waals surface area contributed by atoms with Gasteiger partial charge in [0.1, 0.15) is 5.82 Å². The van der Waals surface area contributed by atoms with Gasteiger partial charge in [0, 0.05) is 25.2 Å². The molecule has 1 fully saturated rings. The van der Waals surface area contributed by atoms with Crippen molar-refractivity contribution in [1.29, 1.82) is 0 Å². The Kier molecular flexibility index (Phi) is 2.19. The smallest absolute Gasteiger partial charge is 0.128 e. The van der Waals surface area contributed by atoms with E-state index in [0.29, 0.717) is 12.5 Å². The first-order chi connectivity index (χ1) is 6.27. The molecule has 2 heterocycles. The van der Waals surface area contributed by atoms with Crippen molar-refractivity contribution in [3.8, 4) is 0 Å². The van der Waals surface area contributed by atoms with Crippen LogP contribution in [0.5, 0.6) is 0 Å². The van der Waals surface area contributed by atoms with Crippen molar-refractivity contribution in [1.82, 2.24) is 4.98 Å². The van der Waals surface area contributed by atoms with E-state index in [1.54, 1.807) is 6.20 Å². The molecule has 2 unspecified atom stereocenters. The van der Waals surface area contributed by atoms with E-state index in [-0.39, 0.29) is 6.10 Å². The number of anilines is 1. The van der Waals surface area contributed by atoms with Crippen LogP contribution < -0.4 is 4.90 Å². The second-order valence-corrected chi connectivity index (χ2v) is 3.64. The molecule has 1 N–H and O–H groups in total. The maximum Gasteiger partial charge on any atom is 0.128 e. The lowest BCUT2D eigenvalue weighted by Crippen LogP contribution is -2.21. The Morgan fingerprint density at radius 1 is 1.46 bits per heavy atom. The topological polar surface area (TPSA) is 36.4 Å². The van der Waals surface area contributed by atoms with Gasteiger partial charge in [0.15, 0.2) is 0 Å². The van der Waals surface area contributed by atoms with Gasteiger partial charge in [-0.05, 0) is 12.1 Å². The fraction of sp³-hybridized carbons (Fsp3) is 0.500. The number of nitrogens with zero attached hydrogens (tertiary/aromatic N) is 2. The highest BCUT2D eigenvalue weighted by Gasteiger charge is 2.28. The second kappa shape index (κ2) is 3.34.